The van der Waals surface area contributed by atoms with Crippen LogP contribution in [0.15, 0.2) is 24.3 Å². The fourth-order valence-electron chi connectivity index (χ4n) is 3.73. The predicted octanol–water partition coefficient (Wildman–Crippen LogP) is 4.01. The molecular formula is C22H27FN2O3S. The number of fused-ring (bicyclic) bond motifs is 1. The third kappa shape index (κ3) is 4.67. The molecule has 0 saturated carbocycles. The van der Waals surface area contributed by atoms with Gasteiger partial charge in [0, 0.05) is 11.4 Å². The van der Waals surface area contributed by atoms with Gasteiger partial charge in [0.1, 0.15) is 10.8 Å². The smallest absolute Gasteiger partial charge is 0.259 e. The molecule has 1 heterocycles. The highest BCUT2D eigenvalue weighted by molar-refractivity contribution is 7.17. The second kappa shape index (κ2) is 8.63. The van der Waals surface area contributed by atoms with Crippen LogP contribution < -0.4 is 10.6 Å². The van der Waals surface area contributed by atoms with E-state index in [1.165, 1.54) is 29.5 Å². The molecular weight excluding hydrogens is 391 g/mol. The number of anilines is 1. The first-order valence-corrected chi connectivity index (χ1v) is 10.6. The predicted molar refractivity (Wildman–Crippen MR) is 113 cm³/mol. The second-order valence-corrected chi connectivity index (χ2v) is 9.53. The van der Waals surface area contributed by atoms with Gasteiger partial charge in [0.25, 0.3) is 11.8 Å². The summed E-state index contributed by atoms with van der Waals surface area (Å²) in [6, 6.07) is 5.77. The summed E-state index contributed by atoms with van der Waals surface area (Å²) in [4.78, 5) is 26.5. The van der Waals surface area contributed by atoms with Crippen LogP contribution in [0.3, 0.4) is 0 Å². The van der Waals surface area contributed by atoms with Crippen LogP contribution in [0.1, 0.15) is 58.3 Å². The zero-order valence-electron chi connectivity index (χ0n) is 17.0. The number of halogens is 1. The molecule has 5 nitrogen and oxygen atoms in total. The summed E-state index contributed by atoms with van der Waals surface area (Å²) in [6.07, 6.45) is 2.57. The van der Waals surface area contributed by atoms with E-state index in [0.717, 1.165) is 29.7 Å². The Morgan fingerprint density at radius 3 is 2.62 bits per heavy atom. The average Bonchev–Trinajstić information content (AvgIpc) is 3.02. The van der Waals surface area contributed by atoms with Crippen molar-refractivity contribution in [2.45, 2.75) is 40.0 Å². The van der Waals surface area contributed by atoms with Gasteiger partial charge in [-0.2, -0.15) is 0 Å². The summed E-state index contributed by atoms with van der Waals surface area (Å²) < 4.78 is 14.0. The zero-order chi connectivity index (χ0) is 21.2. The van der Waals surface area contributed by atoms with Crippen LogP contribution in [-0.4, -0.2) is 30.1 Å². The van der Waals surface area contributed by atoms with Gasteiger partial charge in [-0.25, -0.2) is 4.39 Å². The average molecular weight is 419 g/mol. The van der Waals surface area contributed by atoms with Crippen LogP contribution in [0.2, 0.25) is 0 Å². The number of benzene rings is 1. The lowest BCUT2D eigenvalue weighted by molar-refractivity contribution is 0.0944. The normalized spacial score (nSPS) is 16.2. The number of thiophene rings is 1. The first-order valence-electron chi connectivity index (χ1n) is 9.81. The zero-order valence-corrected chi connectivity index (χ0v) is 17.8. The molecule has 0 unspecified atom stereocenters. The third-order valence-electron chi connectivity index (χ3n) is 5.46. The van der Waals surface area contributed by atoms with Crippen molar-refractivity contribution in [2.75, 3.05) is 18.5 Å². The molecule has 0 fully saturated rings. The molecule has 0 aliphatic heterocycles. The lowest BCUT2D eigenvalue weighted by Crippen LogP contribution is -2.30. The van der Waals surface area contributed by atoms with E-state index in [1.54, 1.807) is 6.07 Å². The quantitative estimate of drug-likeness (QED) is 0.686. The van der Waals surface area contributed by atoms with Gasteiger partial charge >= 0.3 is 0 Å². The Hall–Kier alpha value is -2.25. The molecule has 3 N–H and O–H groups in total. The number of nitrogens with one attached hydrogen (secondary N) is 2. The molecule has 1 aliphatic carbocycles. The van der Waals surface area contributed by atoms with Gasteiger partial charge < -0.3 is 15.7 Å². The minimum Gasteiger partial charge on any atom is -0.395 e. The van der Waals surface area contributed by atoms with E-state index in [9.17, 15) is 14.0 Å². The van der Waals surface area contributed by atoms with Gasteiger partial charge in [-0.1, -0.05) is 32.9 Å². The molecule has 0 saturated heterocycles. The molecule has 3 rings (SSSR count). The molecule has 0 spiro atoms. The molecule has 2 amide bonds. The van der Waals surface area contributed by atoms with Crippen molar-refractivity contribution in [3.8, 4) is 0 Å². The number of rotatable bonds is 5. The standard InChI is InChI=1S/C22H27FN2O3S/c1-22(2,3)13-8-9-15-17(12-13)29-21(18(15)20(28)24-10-11-26)25-19(27)14-6-4-5-7-16(14)23/h4-7,13,26H,8-12H2,1-3H3,(H,24,28)(H,25,27)/t13-/m0/s1. The maximum Gasteiger partial charge on any atom is 0.259 e. The Kier molecular flexibility index (Phi) is 6.39. The maximum absolute atomic E-state index is 14.0. The minimum absolute atomic E-state index is 0.0619. The monoisotopic (exact) mass is 418 g/mol. The molecule has 29 heavy (non-hydrogen) atoms. The fourth-order valence-corrected chi connectivity index (χ4v) is 5.05. The fraction of sp³-hybridized carbons (Fsp3) is 0.455. The Bertz CT molecular complexity index is 917. The summed E-state index contributed by atoms with van der Waals surface area (Å²) in [7, 11) is 0. The van der Waals surface area contributed by atoms with E-state index >= 15 is 0 Å². The highest BCUT2D eigenvalue weighted by Crippen LogP contribution is 2.44. The summed E-state index contributed by atoms with van der Waals surface area (Å²) in [5, 5.41) is 14.9. The summed E-state index contributed by atoms with van der Waals surface area (Å²) in [5.74, 6) is -1.03. The SMILES string of the molecule is CC(C)(C)[C@H]1CCc2c(sc(NC(=O)c3ccccc3F)c2C(=O)NCCO)C1. The molecule has 1 aromatic heterocycles. The Morgan fingerprint density at radius 2 is 1.97 bits per heavy atom. The second-order valence-electron chi connectivity index (χ2n) is 8.43. The van der Waals surface area contributed by atoms with Gasteiger partial charge in [0.15, 0.2) is 0 Å². The van der Waals surface area contributed by atoms with Gasteiger partial charge in [0.05, 0.1) is 17.7 Å². The van der Waals surface area contributed by atoms with Crippen molar-refractivity contribution >= 4 is 28.2 Å². The molecule has 1 atom stereocenters. The van der Waals surface area contributed by atoms with Crippen molar-refractivity contribution in [2.24, 2.45) is 11.3 Å². The van der Waals surface area contributed by atoms with Crippen molar-refractivity contribution in [3.05, 3.63) is 51.7 Å². The molecule has 1 aromatic carbocycles. The van der Waals surface area contributed by atoms with E-state index in [4.69, 9.17) is 5.11 Å². The van der Waals surface area contributed by atoms with Crippen LogP contribution in [0, 0.1) is 17.2 Å². The summed E-state index contributed by atoms with van der Waals surface area (Å²) >= 11 is 1.39. The summed E-state index contributed by atoms with van der Waals surface area (Å²) in [6.45, 7) is 6.61. The molecule has 0 bridgehead atoms. The molecule has 156 valence electrons. The number of aliphatic hydroxyl groups is 1. The van der Waals surface area contributed by atoms with Gasteiger partial charge in [-0.15, -0.1) is 11.3 Å². The highest BCUT2D eigenvalue weighted by atomic mass is 32.1. The minimum atomic E-state index is -0.606. The maximum atomic E-state index is 14.0. The van der Waals surface area contributed by atoms with Gasteiger partial charge in [-0.05, 0) is 48.3 Å². The van der Waals surface area contributed by atoms with E-state index in [0.29, 0.717) is 16.5 Å². The van der Waals surface area contributed by atoms with E-state index in [2.05, 4.69) is 31.4 Å². The first-order chi connectivity index (χ1) is 13.7. The van der Waals surface area contributed by atoms with Crippen LogP contribution in [0.4, 0.5) is 9.39 Å². The summed E-state index contributed by atoms with van der Waals surface area (Å²) in [5.41, 5.74) is 1.48. The number of carbonyl (C=O) groups excluding carboxylic acids is 2. The van der Waals surface area contributed by atoms with Crippen LogP contribution >= 0.6 is 11.3 Å². The number of hydrogen-bond acceptors (Lipinski definition) is 4. The van der Waals surface area contributed by atoms with Crippen LogP contribution in [0.25, 0.3) is 0 Å². The topological polar surface area (TPSA) is 78.4 Å². The van der Waals surface area contributed by atoms with Crippen molar-refractivity contribution in [1.82, 2.24) is 5.32 Å². The van der Waals surface area contributed by atoms with Crippen LogP contribution in [-0.2, 0) is 12.8 Å². The van der Waals surface area contributed by atoms with Gasteiger partial charge in [0.2, 0.25) is 0 Å². The molecule has 2 aromatic rings. The van der Waals surface area contributed by atoms with E-state index in [1.807, 2.05) is 0 Å². The van der Waals surface area contributed by atoms with Crippen molar-refractivity contribution < 1.29 is 19.1 Å². The Labute approximate surface area is 174 Å². The van der Waals surface area contributed by atoms with Gasteiger partial charge in [-0.3, -0.25) is 9.59 Å². The number of carbonyl (C=O) groups is 2. The molecule has 7 heteroatoms. The lowest BCUT2D eigenvalue weighted by Gasteiger charge is -2.33. The number of hydrogen-bond donors (Lipinski definition) is 3. The van der Waals surface area contributed by atoms with Crippen LogP contribution in [0.5, 0.6) is 0 Å². The number of amides is 2. The largest absolute Gasteiger partial charge is 0.395 e. The Morgan fingerprint density at radius 1 is 1.24 bits per heavy atom. The third-order valence-corrected chi connectivity index (χ3v) is 6.63. The van der Waals surface area contributed by atoms with E-state index in [-0.39, 0.29) is 30.0 Å². The van der Waals surface area contributed by atoms with Crippen molar-refractivity contribution in [3.63, 3.8) is 0 Å². The Balaban J connectivity index is 1.95. The number of aliphatic hydroxyl groups excluding tert-OH is 1. The first kappa shape index (κ1) is 21.5. The molecule has 0 radical (unpaired) electrons. The highest BCUT2D eigenvalue weighted by Gasteiger charge is 2.34. The molecule has 1 aliphatic rings. The van der Waals surface area contributed by atoms with Crippen molar-refractivity contribution in [1.29, 1.82) is 0 Å². The lowest BCUT2D eigenvalue weighted by atomic mass is 9.72. The van der Waals surface area contributed by atoms with E-state index < -0.39 is 11.7 Å².